The first kappa shape index (κ1) is 20.8. The summed E-state index contributed by atoms with van der Waals surface area (Å²) in [6, 6.07) is 15.2. The molecule has 6 nitrogen and oxygen atoms in total. The van der Waals surface area contributed by atoms with Crippen LogP contribution in [0.25, 0.3) is 0 Å². The Bertz CT molecular complexity index is 927. The predicted molar refractivity (Wildman–Crippen MR) is 117 cm³/mol. The second kappa shape index (κ2) is 9.16. The number of carbonyl (C=O) groups is 2. The highest BCUT2D eigenvalue weighted by molar-refractivity contribution is 6.30. The van der Waals surface area contributed by atoms with E-state index in [1.807, 2.05) is 60.4 Å². The monoisotopic (exact) mass is 426 g/mol. The lowest BCUT2D eigenvalue weighted by Gasteiger charge is -2.33. The molecule has 2 aliphatic heterocycles. The molecule has 2 fully saturated rings. The fraction of sp³-hybridized carbons (Fsp3) is 0.391. The molecule has 2 aromatic carbocycles. The summed E-state index contributed by atoms with van der Waals surface area (Å²) in [7, 11) is 0. The summed E-state index contributed by atoms with van der Waals surface area (Å²) in [6.07, 6.45) is 2.21. The van der Waals surface area contributed by atoms with Gasteiger partial charge in [0.25, 0.3) is 5.91 Å². The van der Waals surface area contributed by atoms with Gasteiger partial charge in [0.05, 0.1) is 0 Å². The van der Waals surface area contributed by atoms with Crippen molar-refractivity contribution >= 4 is 23.4 Å². The second-order valence-electron chi connectivity index (χ2n) is 8.07. The average Bonchev–Trinajstić information content (AvgIpc) is 3.24. The van der Waals surface area contributed by atoms with Gasteiger partial charge in [-0.3, -0.25) is 9.59 Å². The van der Waals surface area contributed by atoms with Gasteiger partial charge in [-0.2, -0.15) is 0 Å². The number of hydrogen-bond donors (Lipinski definition) is 3. The number of piperidine rings is 1. The Hall–Kier alpha value is -2.41. The molecule has 0 saturated carbocycles. The highest BCUT2D eigenvalue weighted by Gasteiger charge is 2.34. The first-order valence-electron chi connectivity index (χ1n) is 10.4. The highest BCUT2D eigenvalue weighted by atomic mass is 35.5. The molecular weight excluding hydrogens is 400 g/mol. The molecule has 3 N–H and O–H groups in total. The van der Waals surface area contributed by atoms with E-state index in [2.05, 4.69) is 16.2 Å². The van der Waals surface area contributed by atoms with Crippen molar-refractivity contribution in [2.24, 2.45) is 0 Å². The molecule has 0 spiro atoms. The van der Waals surface area contributed by atoms with Crippen molar-refractivity contribution in [3.63, 3.8) is 0 Å². The predicted octanol–water partition coefficient (Wildman–Crippen LogP) is 2.98. The van der Waals surface area contributed by atoms with Crippen LogP contribution in [0.3, 0.4) is 0 Å². The fourth-order valence-corrected chi connectivity index (χ4v) is 4.41. The molecule has 7 heteroatoms. The van der Waals surface area contributed by atoms with Crippen molar-refractivity contribution in [2.75, 3.05) is 13.1 Å². The first-order valence-corrected chi connectivity index (χ1v) is 10.8. The van der Waals surface area contributed by atoms with Crippen LogP contribution in [0.15, 0.2) is 48.5 Å². The average molecular weight is 427 g/mol. The van der Waals surface area contributed by atoms with Gasteiger partial charge in [-0.05, 0) is 55.5 Å². The van der Waals surface area contributed by atoms with E-state index in [0.717, 1.165) is 24.0 Å². The van der Waals surface area contributed by atoms with Crippen LogP contribution < -0.4 is 16.2 Å². The number of benzene rings is 2. The van der Waals surface area contributed by atoms with Crippen LogP contribution in [-0.4, -0.2) is 41.9 Å². The summed E-state index contributed by atoms with van der Waals surface area (Å²) in [6.45, 7) is 3.24. The van der Waals surface area contributed by atoms with Gasteiger partial charge in [0, 0.05) is 35.8 Å². The zero-order chi connectivity index (χ0) is 21.1. The van der Waals surface area contributed by atoms with Crippen molar-refractivity contribution in [3.05, 3.63) is 70.2 Å². The summed E-state index contributed by atoms with van der Waals surface area (Å²) in [5, 5.41) is 3.81. The van der Waals surface area contributed by atoms with E-state index in [1.165, 1.54) is 0 Å². The molecule has 2 aliphatic rings. The molecule has 2 aromatic rings. The molecule has 30 heavy (non-hydrogen) atoms. The van der Waals surface area contributed by atoms with Crippen molar-refractivity contribution < 1.29 is 9.59 Å². The molecule has 2 unspecified atom stereocenters. The van der Waals surface area contributed by atoms with E-state index in [1.54, 1.807) is 0 Å². The third kappa shape index (κ3) is 4.67. The summed E-state index contributed by atoms with van der Waals surface area (Å²) in [4.78, 5) is 27.4. The largest absolute Gasteiger partial charge is 0.349 e. The SMILES string of the molecule is Cc1ccccc1C(=O)NC1CCN(C(=O)C2CC(c3cccc(Cl)c3)NN2)CC1. The van der Waals surface area contributed by atoms with Gasteiger partial charge in [0.15, 0.2) is 0 Å². The molecule has 2 atom stereocenters. The highest BCUT2D eigenvalue weighted by Crippen LogP contribution is 2.26. The van der Waals surface area contributed by atoms with Crippen molar-refractivity contribution in [3.8, 4) is 0 Å². The minimum Gasteiger partial charge on any atom is -0.349 e. The van der Waals surface area contributed by atoms with E-state index < -0.39 is 0 Å². The minimum atomic E-state index is -0.257. The number of amides is 2. The molecule has 2 amide bonds. The number of nitrogens with zero attached hydrogens (tertiary/aromatic N) is 1. The van der Waals surface area contributed by atoms with Crippen LogP contribution in [0, 0.1) is 6.92 Å². The molecule has 0 bridgehead atoms. The third-order valence-corrected chi connectivity index (χ3v) is 6.22. The van der Waals surface area contributed by atoms with Gasteiger partial charge in [-0.1, -0.05) is 41.9 Å². The molecule has 2 heterocycles. The van der Waals surface area contributed by atoms with Crippen molar-refractivity contribution in [2.45, 2.75) is 44.3 Å². The normalized spacial score (nSPS) is 22.1. The number of hydrogen-bond acceptors (Lipinski definition) is 4. The van der Waals surface area contributed by atoms with E-state index >= 15 is 0 Å². The van der Waals surface area contributed by atoms with Gasteiger partial charge >= 0.3 is 0 Å². The number of carbonyl (C=O) groups excluding carboxylic acids is 2. The Morgan fingerprint density at radius 3 is 2.57 bits per heavy atom. The summed E-state index contributed by atoms with van der Waals surface area (Å²) in [5.41, 5.74) is 9.11. The van der Waals surface area contributed by atoms with Crippen LogP contribution in [-0.2, 0) is 4.79 Å². The standard InChI is InChI=1S/C23H27ClN4O2/c1-15-5-2-3-8-19(15)22(29)25-18-9-11-28(12-10-18)23(30)21-14-20(26-27-21)16-6-4-7-17(24)13-16/h2-8,13,18,20-21,26-27H,9-12,14H2,1H3,(H,25,29). The van der Waals surface area contributed by atoms with Gasteiger partial charge in [0.1, 0.15) is 6.04 Å². The van der Waals surface area contributed by atoms with Crippen LogP contribution in [0.2, 0.25) is 5.02 Å². The molecule has 0 aliphatic carbocycles. The smallest absolute Gasteiger partial charge is 0.251 e. The summed E-state index contributed by atoms with van der Waals surface area (Å²) in [5.74, 6) is 0.0691. The van der Waals surface area contributed by atoms with Crippen LogP contribution in [0.4, 0.5) is 0 Å². The van der Waals surface area contributed by atoms with Gasteiger partial charge in [-0.15, -0.1) is 0 Å². The summed E-state index contributed by atoms with van der Waals surface area (Å²) >= 11 is 6.09. The van der Waals surface area contributed by atoms with Crippen LogP contribution >= 0.6 is 11.6 Å². The molecule has 158 valence electrons. The van der Waals surface area contributed by atoms with E-state index in [-0.39, 0.29) is 29.9 Å². The Morgan fingerprint density at radius 1 is 1.07 bits per heavy atom. The molecule has 0 radical (unpaired) electrons. The quantitative estimate of drug-likeness (QED) is 0.702. The van der Waals surface area contributed by atoms with Crippen molar-refractivity contribution in [1.82, 2.24) is 21.1 Å². The topological polar surface area (TPSA) is 73.5 Å². The lowest BCUT2D eigenvalue weighted by molar-refractivity contribution is -0.134. The molecule has 2 saturated heterocycles. The molecule has 4 rings (SSSR count). The number of rotatable bonds is 4. The lowest BCUT2D eigenvalue weighted by atomic mass is 9.99. The Labute approximate surface area is 181 Å². The maximum Gasteiger partial charge on any atom is 0.251 e. The van der Waals surface area contributed by atoms with E-state index in [0.29, 0.717) is 30.1 Å². The summed E-state index contributed by atoms with van der Waals surface area (Å²) < 4.78 is 0. The maximum absolute atomic E-state index is 12.9. The number of nitrogens with one attached hydrogen (secondary N) is 3. The Morgan fingerprint density at radius 2 is 1.83 bits per heavy atom. The second-order valence-corrected chi connectivity index (χ2v) is 8.51. The zero-order valence-electron chi connectivity index (χ0n) is 17.0. The number of halogens is 1. The lowest BCUT2D eigenvalue weighted by Crippen LogP contribution is -2.51. The van der Waals surface area contributed by atoms with Gasteiger partial charge < -0.3 is 10.2 Å². The van der Waals surface area contributed by atoms with E-state index in [4.69, 9.17) is 11.6 Å². The molecule has 0 aromatic heterocycles. The first-order chi connectivity index (χ1) is 14.5. The fourth-order valence-electron chi connectivity index (χ4n) is 4.22. The van der Waals surface area contributed by atoms with Crippen LogP contribution in [0.5, 0.6) is 0 Å². The molecular formula is C23H27ClN4O2. The van der Waals surface area contributed by atoms with Crippen LogP contribution in [0.1, 0.15) is 46.8 Å². The van der Waals surface area contributed by atoms with Crippen molar-refractivity contribution in [1.29, 1.82) is 0 Å². The Balaban J connectivity index is 1.27. The van der Waals surface area contributed by atoms with Gasteiger partial charge in [-0.25, -0.2) is 10.9 Å². The third-order valence-electron chi connectivity index (χ3n) is 5.98. The maximum atomic E-state index is 12.9. The number of likely N-dealkylation sites (tertiary alicyclic amines) is 1. The van der Waals surface area contributed by atoms with Gasteiger partial charge in [0.2, 0.25) is 5.91 Å². The number of aryl methyl sites for hydroxylation is 1. The minimum absolute atomic E-state index is 0.0381. The van der Waals surface area contributed by atoms with E-state index in [9.17, 15) is 9.59 Å². The number of hydrazine groups is 1. The zero-order valence-corrected chi connectivity index (χ0v) is 17.8. The Kier molecular flexibility index (Phi) is 6.37.